The molecule has 6 aromatic rings. The van der Waals surface area contributed by atoms with E-state index in [-0.39, 0.29) is 17.6 Å². The number of benzene rings is 4. The van der Waals surface area contributed by atoms with Gasteiger partial charge in [-0.05, 0) is 83.0 Å². The summed E-state index contributed by atoms with van der Waals surface area (Å²) in [5.74, 6) is -0.556. The summed E-state index contributed by atoms with van der Waals surface area (Å²) in [6.07, 6.45) is 22.4. The van der Waals surface area contributed by atoms with Gasteiger partial charge in [0.15, 0.2) is 5.78 Å². The highest BCUT2D eigenvalue weighted by Gasteiger charge is 2.29. The number of carbonyl (C=O) groups is 1. The second-order valence-electron chi connectivity index (χ2n) is 13.6. The van der Waals surface area contributed by atoms with Crippen LogP contribution in [-0.2, 0) is 4.79 Å². The number of unbranched alkanes of at least 4 members (excludes halogenated alkanes) is 4. The Morgan fingerprint density at radius 2 is 0.942 bits per heavy atom. The molecule has 0 N–H and O–H groups in total. The molecule has 2 atom stereocenters. The lowest BCUT2D eigenvalue weighted by Crippen LogP contribution is -2.17. The van der Waals surface area contributed by atoms with Crippen LogP contribution in [-0.4, -0.2) is 5.78 Å². The minimum atomic E-state index is -0.385. The van der Waals surface area contributed by atoms with Gasteiger partial charge >= 0.3 is 0 Å². The van der Waals surface area contributed by atoms with E-state index in [9.17, 15) is 0 Å². The molecule has 2 aromatic heterocycles. The summed E-state index contributed by atoms with van der Waals surface area (Å²) >= 11 is 3.49. The van der Waals surface area contributed by atoms with Gasteiger partial charge < -0.3 is 0 Å². The highest BCUT2D eigenvalue weighted by Crippen LogP contribution is 2.39. The van der Waals surface area contributed by atoms with E-state index >= 15 is 4.79 Å². The Labute approximate surface area is 318 Å². The van der Waals surface area contributed by atoms with E-state index in [0.29, 0.717) is 0 Å². The van der Waals surface area contributed by atoms with Gasteiger partial charge in [0, 0.05) is 19.2 Å². The lowest BCUT2D eigenvalue weighted by atomic mass is 9.88. The molecule has 0 aliphatic heterocycles. The number of ketones is 1. The van der Waals surface area contributed by atoms with Crippen molar-refractivity contribution in [3.05, 3.63) is 178 Å². The molecule has 0 saturated carbocycles. The molecule has 2 heterocycles. The monoisotopic (exact) mass is 718 g/mol. The third kappa shape index (κ3) is 10.3. The zero-order valence-corrected chi connectivity index (χ0v) is 32.2. The van der Waals surface area contributed by atoms with Crippen LogP contribution in [0.15, 0.2) is 157 Å². The van der Waals surface area contributed by atoms with Gasteiger partial charge in [-0.1, -0.05) is 173 Å². The molecule has 0 fully saturated rings. The smallest absolute Gasteiger partial charge is 0.156 e. The van der Waals surface area contributed by atoms with Crippen LogP contribution in [0.25, 0.3) is 32.3 Å². The van der Waals surface area contributed by atoms with Crippen molar-refractivity contribution in [3.63, 3.8) is 0 Å². The molecule has 3 heteroatoms. The zero-order valence-electron chi connectivity index (χ0n) is 30.5. The van der Waals surface area contributed by atoms with Gasteiger partial charge in [-0.15, -0.1) is 22.7 Å². The predicted octanol–water partition coefficient (Wildman–Crippen LogP) is 15.0. The van der Waals surface area contributed by atoms with Crippen LogP contribution in [0.4, 0.5) is 0 Å². The maximum atomic E-state index is 15.3. The zero-order chi connectivity index (χ0) is 36.0. The van der Waals surface area contributed by atoms with Gasteiger partial charge in [0.2, 0.25) is 0 Å². The van der Waals surface area contributed by atoms with Gasteiger partial charge in [-0.25, -0.2) is 0 Å². The third-order valence-corrected chi connectivity index (χ3v) is 12.0. The summed E-state index contributed by atoms with van der Waals surface area (Å²) in [4.78, 5) is 17.5. The molecule has 6 rings (SSSR count). The van der Waals surface area contributed by atoms with Crippen molar-refractivity contribution in [3.8, 4) is 0 Å². The fraction of sp³-hybridized carbons (Fsp3) is 0.245. The molecule has 2 unspecified atom stereocenters. The van der Waals surface area contributed by atoms with Crippen molar-refractivity contribution >= 4 is 60.8 Å². The molecule has 0 aliphatic carbocycles. The number of allylic oxidation sites excluding steroid dienone is 6. The van der Waals surface area contributed by atoms with Gasteiger partial charge in [0.1, 0.15) is 0 Å². The molecular weight excluding hydrogens is 669 g/mol. The number of carbonyl (C=O) groups excluding carboxylic acids is 1. The number of rotatable bonds is 18. The number of Topliss-reactive ketones (excluding diaryl/α,β-unsaturated/α-hetero) is 1. The third-order valence-electron chi connectivity index (χ3n) is 9.56. The van der Waals surface area contributed by atoms with Gasteiger partial charge in [0.05, 0.1) is 11.8 Å². The highest BCUT2D eigenvalue weighted by atomic mass is 32.1. The molecule has 0 aliphatic rings. The number of fused-ring (bicyclic) bond motifs is 2. The van der Waals surface area contributed by atoms with Crippen LogP contribution in [0.2, 0.25) is 0 Å². The highest BCUT2D eigenvalue weighted by molar-refractivity contribution is 7.19. The predicted molar refractivity (Wildman–Crippen MR) is 230 cm³/mol. The first-order valence-corrected chi connectivity index (χ1v) is 20.6. The SMILES string of the molecule is CCCCCC(C=CC(C(=O)C(C=CC(=Cc1ccccc1)CCCCC)c1cc2ccccc2s1)c1cc2ccccc2s1)=Cc1ccccc1. The average molecular weight is 719 g/mol. The molecule has 0 amide bonds. The molecule has 264 valence electrons. The molecule has 4 aromatic carbocycles. The van der Waals surface area contributed by atoms with Crippen LogP contribution >= 0.6 is 22.7 Å². The first-order chi connectivity index (χ1) is 25.6. The largest absolute Gasteiger partial charge is 0.298 e. The first-order valence-electron chi connectivity index (χ1n) is 19.0. The Hall–Kier alpha value is -4.57. The van der Waals surface area contributed by atoms with E-state index in [1.165, 1.54) is 68.1 Å². The van der Waals surface area contributed by atoms with Gasteiger partial charge in [-0.2, -0.15) is 0 Å². The Morgan fingerprint density at radius 1 is 0.538 bits per heavy atom. The summed E-state index contributed by atoms with van der Waals surface area (Å²) in [5, 5.41) is 2.38. The van der Waals surface area contributed by atoms with Crippen molar-refractivity contribution in [2.45, 2.75) is 77.0 Å². The van der Waals surface area contributed by atoms with Crippen LogP contribution in [0.5, 0.6) is 0 Å². The molecule has 52 heavy (non-hydrogen) atoms. The molecule has 0 bridgehead atoms. The van der Waals surface area contributed by atoms with Crippen molar-refractivity contribution in [2.24, 2.45) is 0 Å². The van der Waals surface area contributed by atoms with Crippen LogP contribution < -0.4 is 0 Å². The summed E-state index contributed by atoms with van der Waals surface area (Å²) in [5.41, 5.74) is 4.90. The minimum Gasteiger partial charge on any atom is -0.298 e. The van der Waals surface area contributed by atoms with E-state index in [4.69, 9.17) is 0 Å². The van der Waals surface area contributed by atoms with E-state index in [2.05, 4.69) is 172 Å². The quantitative estimate of drug-likeness (QED) is 0.0639. The number of hydrogen-bond donors (Lipinski definition) is 0. The standard InChI is InChI=1S/C49H50OS2/c1-3-5-9-19-39(33-37-21-11-7-12-22-37)29-31-43(47-35-41-25-15-17-27-45(41)51-47)49(50)44(48-36-42-26-16-18-28-46(42)52-48)32-30-40(20-10-6-4-2)34-38-23-13-8-14-24-38/h7-8,11-18,21-36,43-44H,3-6,9-10,19-20H2,1-2H3. The van der Waals surface area contributed by atoms with E-state index in [0.717, 1.165) is 35.4 Å². The van der Waals surface area contributed by atoms with Crippen molar-refractivity contribution in [1.82, 2.24) is 0 Å². The van der Waals surface area contributed by atoms with Gasteiger partial charge in [0.25, 0.3) is 0 Å². The maximum absolute atomic E-state index is 15.3. The van der Waals surface area contributed by atoms with Crippen LogP contribution in [0.1, 0.15) is 97.9 Å². The normalized spacial score (nSPS) is 13.8. The Balaban J connectivity index is 1.44. The maximum Gasteiger partial charge on any atom is 0.156 e. The average Bonchev–Trinajstić information content (AvgIpc) is 3.80. The van der Waals surface area contributed by atoms with E-state index < -0.39 is 0 Å². The first kappa shape index (κ1) is 37.2. The summed E-state index contributed by atoms with van der Waals surface area (Å²) in [6, 6.07) is 42.6. The second kappa shape index (κ2) is 19.3. The summed E-state index contributed by atoms with van der Waals surface area (Å²) in [7, 11) is 0. The van der Waals surface area contributed by atoms with Crippen molar-refractivity contribution < 1.29 is 4.79 Å². The van der Waals surface area contributed by atoms with Crippen LogP contribution in [0, 0.1) is 0 Å². The summed E-state index contributed by atoms with van der Waals surface area (Å²) < 4.78 is 2.43. The molecule has 1 nitrogen and oxygen atoms in total. The molecule has 0 spiro atoms. The number of hydrogen-bond acceptors (Lipinski definition) is 3. The van der Waals surface area contributed by atoms with Crippen molar-refractivity contribution in [2.75, 3.05) is 0 Å². The molecule has 0 radical (unpaired) electrons. The van der Waals surface area contributed by atoms with Gasteiger partial charge in [-0.3, -0.25) is 4.79 Å². The van der Waals surface area contributed by atoms with E-state index in [1.807, 2.05) is 0 Å². The fourth-order valence-electron chi connectivity index (χ4n) is 6.70. The van der Waals surface area contributed by atoms with Crippen molar-refractivity contribution in [1.29, 1.82) is 0 Å². The number of thiophene rings is 2. The molecular formula is C49H50OS2. The minimum absolute atomic E-state index is 0.214. The topological polar surface area (TPSA) is 17.1 Å². The summed E-state index contributed by atoms with van der Waals surface area (Å²) in [6.45, 7) is 4.50. The second-order valence-corrected chi connectivity index (χ2v) is 15.9. The fourth-order valence-corrected chi connectivity index (χ4v) is 9.00. The Bertz CT molecular complexity index is 1920. The molecule has 0 saturated heterocycles. The lowest BCUT2D eigenvalue weighted by Gasteiger charge is -2.17. The lowest BCUT2D eigenvalue weighted by molar-refractivity contribution is -0.119. The Morgan fingerprint density at radius 3 is 1.35 bits per heavy atom. The van der Waals surface area contributed by atoms with E-state index in [1.54, 1.807) is 22.7 Å². The Kier molecular flexibility index (Phi) is 13.8. The van der Waals surface area contributed by atoms with Crippen LogP contribution in [0.3, 0.4) is 0 Å².